The number of rotatable bonds is 8. The average Bonchev–Trinajstić information content (AvgIpc) is 3.34. The Morgan fingerprint density at radius 1 is 0.844 bits per heavy atom. The summed E-state index contributed by atoms with van der Waals surface area (Å²) in [6.45, 7) is 3.82. The molecule has 0 saturated carbocycles. The predicted octanol–water partition coefficient (Wildman–Crippen LogP) is 5.48. The number of nitrogens with one attached hydrogen (secondary N) is 2. The standard InChI is InChI=1S/C26H29N3O3/c1-31-25-19-23(13-14-24(25)32-18-17-29-15-5-6-16-29)28-26(30)27-22-11-9-21(10-12-22)20-7-3-2-4-8-20/h2-4,7-14,19H,5-6,15-18H2,1H3,(H2,27,28,30). The zero-order valence-corrected chi connectivity index (χ0v) is 18.3. The number of carbonyl (C=O) groups excluding carboxylic acids is 1. The van der Waals surface area contributed by atoms with Gasteiger partial charge in [0.2, 0.25) is 0 Å². The Balaban J connectivity index is 1.31. The van der Waals surface area contributed by atoms with Gasteiger partial charge in [0.25, 0.3) is 0 Å². The molecule has 0 aromatic heterocycles. The van der Waals surface area contributed by atoms with Gasteiger partial charge >= 0.3 is 6.03 Å². The molecule has 0 radical (unpaired) electrons. The third-order valence-electron chi connectivity index (χ3n) is 5.54. The van der Waals surface area contributed by atoms with E-state index < -0.39 is 0 Å². The highest BCUT2D eigenvalue weighted by Gasteiger charge is 2.12. The zero-order valence-electron chi connectivity index (χ0n) is 18.3. The lowest BCUT2D eigenvalue weighted by atomic mass is 10.1. The van der Waals surface area contributed by atoms with E-state index in [4.69, 9.17) is 9.47 Å². The van der Waals surface area contributed by atoms with Crippen molar-refractivity contribution in [2.75, 3.05) is 44.0 Å². The number of ether oxygens (including phenoxy) is 2. The number of likely N-dealkylation sites (tertiary alicyclic amines) is 1. The number of carbonyl (C=O) groups is 1. The summed E-state index contributed by atoms with van der Waals surface area (Å²) in [6.07, 6.45) is 2.53. The summed E-state index contributed by atoms with van der Waals surface area (Å²) in [6, 6.07) is 23.0. The van der Waals surface area contributed by atoms with Crippen LogP contribution in [0, 0.1) is 0 Å². The number of methoxy groups -OCH3 is 1. The molecular weight excluding hydrogens is 402 g/mol. The van der Waals surface area contributed by atoms with Crippen LogP contribution in [0.2, 0.25) is 0 Å². The lowest BCUT2D eigenvalue weighted by Gasteiger charge is -2.17. The van der Waals surface area contributed by atoms with Crippen molar-refractivity contribution in [1.82, 2.24) is 4.90 Å². The summed E-state index contributed by atoms with van der Waals surface area (Å²) in [5.74, 6) is 1.27. The van der Waals surface area contributed by atoms with Crippen molar-refractivity contribution in [2.24, 2.45) is 0 Å². The number of hydrogen-bond donors (Lipinski definition) is 2. The average molecular weight is 432 g/mol. The highest BCUT2D eigenvalue weighted by Crippen LogP contribution is 2.30. The van der Waals surface area contributed by atoms with E-state index in [1.807, 2.05) is 54.6 Å². The van der Waals surface area contributed by atoms with Gasteiger partial charge in [0, 0.05) is 24.0 Å². The van der Waals surface area contributed by atoms with Crippen molar-refractivity contribution >= 4 is 17.4 Å². The monoisotopic (exact) mass is 431 g/mol. The molecule has 3 aromatic rings. The Kier molecular flexibility index (Phi) is 7.25. The van der Waals surface area contributed by atoms with Crippen LogP contribution in [0.3, 0.4) is 0 Å². The number of anilines is 2. The first-order valence-corrected chi connectivity index (χ1v) is 11.0. The molecule has 1 aliphatic rings. The van der Waals surface area contributed by atoms with Gasteiger partial charge in [0.15, 0.2) is 11.5 Å². The SMILES string of the molecule is COc1cc(NC(=O)Nc2ccc(-c3ccccc3)cc2)ccc1OCCN1CCCC1. The van der Waals surface area contributed by atoms with Crippen molar-refractivity contribution in [3.63, 3.8) is 0 Å². The molecule has 0 unspecified atom stereocenters. The third-order valence-corrected chi connectivity index (χ3v) is 5.54. The van der Waals surface area contributed by atoms with Crippen LogP contribution in [0.25, 0.3) is 11.1 Å². The second-order valence-electron chi connectivity index (χ2n) is 7.79. The molecule has 0 atom stereocenters. The number of amides is 2. The maximum absolute atomic E-state index is 12.4. The van der Waals surface area contributed by atoms with E-state index in [0.717, 1.165) is 36.4 Å². The normalized spacial score (nSPS) is 13.5. The van der Waals surface area contributed by atoms with Crippen molar-refractivity contribution in [2.45, 2.75) is 12.8 Å². The van der Waals surface area contributed by atoms with Gasteiger partial charge in [0.1, 0.15) is 6.61 Å². The Morgan fingerprint density at radius 2 is 1.50 bits per heavy atom. The van der Waals surface area contributed by atoms with Gasteiger partial charge in [0.05, 0.1) is 7.11 Å². The van der Waals surface area contributed by atoms with E-state index >= 15 is 0 Å². The molecule has 3 aromatic carbocycles. The highest BCUT2D eigenvalue weighted by atomic mass is 16.5. The molecule has 1 saturated heterocycles. The molecule has 0 bridgehead atoms. The van der Waals surface area contributed by atoms with Gasteiger partial charge in [-0.15, -0.1) is 0 Å². The van der Waals surface area contributed by atoms with E-state index in [2.05, 4.69) is 27.7 Å². The van der Waals surface area contributed by atoms with E-state index in [0.29, 0.717) is 23.8 Å². The fourth-order valence-electron chi connectivity index (χ4n) is 3.83. The van der Waals surface area contributed by atoms with Crippen LogP contribution in [0.1, 0.15) is 12.8 Å². The number of benzene rings is 3. The van der Waals surface area contributed by atoms with Crippen LogP contribution in [-0.2, 0) is 0 Å². The molecule has 32 heavy (non-hydrogen) atoms. The van der Waals surface area contributed by atoms with Gasteiger partial charge < -0.3 is 20.1 Å². The Labute approximate surface area is 189 Å². The molecule has 1 heterocycles. The van der Waals surface area contributed by atoms with Crippen LogP contribution in [0.5, 0.6) is 11.5 Å². The fourth-order valence-corrected chi connectivity index (χ4v) is 3.83. The second-order valence-corrected chi connectivity index (χ2v) is 7.79. The Morgan fingerprint density at radius 3 is 2.22 bits per heavy atom. The molecule has 166 valence electrons. The van der Waals surface area contributed by atoms with Gasteiger partial charge in [-0.3, -0.25) is 4.90 Å². The van der Waals surface area contributed by atoms with Gasteiger partial charge in [-0.25, -0.2) is 4.79 Å². The summed E-state index contributed by atoms with van der Waals surface area (Å²) in [4.78, 5) is 14.8. The molecule has 6 nitrogen and oxygen atoms in total. The molecule has 2 N–H and O–H groups in total. The maximum Gasteiger partial charge on any atom is 0.323 e. The summed E-state index contributed by atoms with van der Waals surface area (Å²) in [5.41, 5.74) is 3.59. The van der Waals surface area contributed by atoms with Crippen LogP contribution in [0.4, 0.5) is 16.2 Å². The topological polar surface area (TPSA) is 62.8 Å². The number of urea groups is 1. The quantitative estimate of drug-likeness (QED) is 0.496. The van der Waals surface area contributed by atoms with Crippen molar-refractivity contribution in [3.05, 3.63) is 72.8 Å². The summed E-state index contributed by atoms with van der Waals surface area (Å²) in [7, 11) is 1.60. The molecule has 4 rings (SSSR count). The van der Waals surface area contributed by atoms with Crippen LogP contribution in [-0.4, -0.2) is 44.3 Å². The summed E-state index contributed by atoms with van der Waals surface area (Å²) < 4.78 is 11.4. The smallest absolute Gasteiger partial charge is 0.323 e. The number of hydrogen-bond acceptors (Lipinski definition) is 4. The largest absolute Gasteiger partial charge is 0.493 e. The van der Waals surface area contributed by atoms with Crippen LogP contribution < -0.4 is 20.1 Å². The molecule has 0 aliphatic carbocycles. The lowest BCUT2D eigenvalue weighted by Crippen LogP contribution is -2.25. The van der Waals surface area contributed by atoms with E-state index in [1.165, 1.54) is 12.8 Å². The molecular formula is C26H29N3O3. The van der Waals surface area contributed by atoms with Crippen molar-refractivity contribution < 1.29 is 14.3 Å². The Hall–Kier alpha value is -3.51. The first kappa shape index (κ1) is 21.7. The summed E-state index contributed by atoms with van der Waals surface area (Å²) in [5, 5.41) is 5.70. The van der Waals surface area contributed by atoms with Gasteiger partial charge in [-0.1, -0.05) is 42.5 Å². The zero-order chi connectivity index (χ0) is 22.2. The summed E-state index contributed by atoms with van der Waals surface area (Å²) >= 11 is 0. The molecule has 1 aliphatic heterocycles. The third kappa shape index (κ3) is 5.80. The maximum atomic E-state index is 12.4. The first-order valence-electron chi connectivity index (χ1n) is 11.0. The van der Waals surface area contributed by atoms with Crippen molar-refractivity contribution in [3.8, 4) is 22.6 Å². The van der Waals surface area contributed by atoms with E-state index in [9.17, 15) is 4.79 Å². The minimum Gasteiger partial charge on any atom is -0.493 e. The van der Waals surface area contributed by atoms with Crippen molar-refractivity contribution in [1.29, 1.82) is 0 Å². The molecule has 2 amide bonds. The minimum atomic E-state index is -0.317. The lowest BCUT2D eigenvalue weighted by molar-refractivity contribution is 0.230. The first-order chi connectivity index (χ1) is 15.7. The molecule has 1 fully saturated rings. The molecule has 6 heteroatoms. The minimum absolute atomic E-state index is 0.317. The van der Waals surface area contributed by atoms with E-state index in [-0.39, 0.29) is 6.03 Å². The highest BCUT2D eigenvalue weighted by molar-refractivity contribution is 6.00. The second kappa shape index (κ2) is 10.7. The number of nitrogens with zero attached hydrogens (tertiary/aromatic N) is 1. The van der Waals surface area contributed by atoms with E-state index in [1.54, 1.807) is 13.2 Å². The Bertz CT molecular complexity index is 1020. The van der Waals surface area contributed by atoms with Gasteiger partial charge in [-0.2, -0.15) is 0 Å². The van der Waals surface area contributed by atoms with Crippen LogP contribution in [0.15, 0.2) is 72.8 Å². The molecule has 0 spiro atoms. The predicted molar refractivity (Wildman–Crippen MR) is 129 cm³/mol. The van der Waals surface area contributed by atoms with Gasteiger partial charge in [-0.05, 0) is 61.3 Å². The fraction of sp³-hybridized carbons (Fsp3) is 0.269. The van der Waals surface area contributed by atoms with Crippen LogP contribution >= 0.6 is 0 Å².